The lowest BCUT2D eigenvalue weighted by molar-refractivity contribution is 0.0989. The monoisotopic (exact) mass is 346 g/mol. The van der Waals surface area contributed by atoms with E-state index < -0.39 is 0 Å². The molecule has 0 unspecified atom stereocenters. The molecule has 4 heteroatoms. The highest BCUT2D eigenvalue weighted by atomic mass is 79.9. The van der Waals surface area contributed by atoms with Crippen molar-refractivity contribution in [3.8, 4) is 11.5 Å². The van der Waals surface area contributed by atoms with Crippen LogP contribution < -0.4 is 9.47 Å². The van der Waals surface area contributed by atoms with Gasteiger partial charge in [0, 0.05) is 22.9 Å². The summed E-state index contributed by atoms with van der Waals surface area (Å²) in [6.07, 6.45) is 1.15. The minimum absolute atomic E-state index is 0.0407. The molecule has 0 fully saturated rings. The van der Waals surface area contributed by atoms with Crippen LogP contribution in [-0.2, 0) is 12.8 Å². The van der Waals surface area contributed by atoms with Gasteiger partial charge in [-0.05, 0) is 23.8 Å². The van der Waals surface area contributed by atoms with Crippen molar-refractivity contribution in [1.82, 2.24) is 0 Å². The van der Waals surface area contributed by atoms with Gasteiger partial charge in [-0.3, -0.25) is 4.79 Å². The van der Waals surface area contributed by atoms with Crippen LogP contribution in [0.3, 0.4) is 0 Å². The lowest BCUT2D eigenvalue weighted by atomic mass is 9.99. The second-order valence-corrected chi connectivity index (χ2v) is 5.87. The molecule has 1 heterocycles. The Morgan fingerprint density at radius 2 is 2.14 bits per heavy atom. The van der Waals surface area contributed by atoms with Crippen LogP contribution in [0.4, 0.5) is 0 Å². The lowest BCUT2D eigenvalue weighted by Gasteiger charge is -2.10. The van der Waals surface area contributed by atoms with Crippen LogP contribution in [0, 0.1) is 0 Å². The molecule has 0 radical (unpaired) electrons. The summed E-state index contributed by atoms with van der Waals surface area (Å²) >= 11 is 3.47. The van der Waals surface area contributed by atoms with Gasteiger partial charge in [0.15, 0.2) is 5.78 Å². The van der Waals surface area contributed by atoms with Gasteiger partial charge < -0.3 is 9.47 Å². The first kappa shape index (κ1) is 14.1. The van der Waals surface area contributed by atoms with Gasteiger partial charge in [-0.2, -0.15) is 0 Å². The SMILES string of the molecule is COc1ccccc1CC(=O)c1cc(Br)cc2c1OCC2. The number of ether oxygens (including phenoxy) is 2. The highest BCUT2D eigenvalue weighted by Crippen LogP contribution is 2.34. The molecule has 1 aliphatic heterocycles. The van der Waals surface area contributed by atoms with Crippen molar-refractivity contribution in [2.45, 2.75) is 12.8 Å². The summed E-state index contributed by atoms with van der Waals surface area (Å²) in [7, 11) is 1.61. The molecule has 0 N–H and O–H groups in total. The maximum atomic E-state index is 12.6. The number of rotatable bonds is 4. The third-order valence-corrected chi connectivity index (χ3v) is 4.05. The van der Waals surface area contributed by atoms with Gasteiger partial charge in [-0.15, -0.1) is 0 Å². The summed E-state index contributed by atoms with van der Waals surface area (Å²) in [5, 5.41) is 0. The Morgan fingerprint density at radius 3 is 2.95 bits per heavy atom. The number of hydrogen-bond donors (Lipinski definition) is 0. The average Bonchev–Trinajstić information content (AvgIpc) is 2.94. The normalized spacial score (nSPS) is 12.7. The zero-order chi connectivity index (χ0) is 14.8. The Morgan fingerprint density at radius 1 is 1.33 bits per heavy atom. The lowest BCUT2D eigenvalue weighted by Crippen LogP contribution is -2.07. The smallest absolute Gasteiger partial charge is 0.171 e. The fourth-order valence-corrected chi connectivity index (χ4v) is 3.10. The fraction of sp³-hybridized carbons (Fsp3) is 0.235. The van der Waals surface area contributed by atoms with Gasteiger partial charge in [0.25, 0.3) is 0 Å². The molecule has 0 saturated heterocycles. The largest absolute Gasteiger partial charge is 0.496 e. The van der Waals surface area contributed by atoms with E-state index in [-0.39, 0.29) is 5.78 Å². The van der Waals surface area contributed by atoms with E-state index in [9.17, 15) is 4.79 Å². The topological polar surface area (TPSA) is 35.5 Å². The maximum Gasteiger partial charge on any atom is 0.171 e. The molecule has 0 aromatic heterocycles. The summed E-state index contributed by atoms with van der Waals surface area (Å²) in [5.74, 6) is 1.51. The van der Waals surface area contributed by atoms with Crippen LogP contribution in [-0.4, -0.2) is 19.5 Å². The van der Waals surface area contributed by atoms with Crippen molar-refractivity contribution in [2.24, 2.45) is 0 Å². The van der Waals surface area contributed by atoms with E-state index in [4.69, 9.17) is 9.47 Å². The first-order valence-corrected chi connectivity index (χ1v) is 7.58. The second kappa shape index (κ2) is 5.90. The van der Waals surface area contributed by atoms with Crippen molar-refractivity contribution in [2.75, 3.05) is 13.7 Å². The van der Waals surface area contributed by atoms with Crippen LogP contribution in [0.2, 0.25) is 0 Å². The molecule has 0 saturated carbocycles. The Kier molecular flexibility index (Phi) is 3.97. The number of carbonyl (C=O) groups excluding carboxylic acids is 1. The Balaban J connectivity index is 1.93. The molecule has 3 nitrogen and oxygen atoms in total. The molecule has 0 bridgehead atoms. The van der Waals surface area contributed by atoms with E-state index >= 15 is 0 Å². The Labute approximate surface area is 132 Å². The Bertz CT molecular complexity index is 694. The zero-order valence-electron chi connectivity index (χ0n) is 11.7. The number of hydrogen-bond acceptors (Lipinski definition) is 3. The molecular weight excluding hydrogens is 332 g/mol. The highest BCUT2D eigenvalue weighted by Gasteiger charge is 2.22. The van der Waals surface area contributed by atoms with Crippen LogP contribution >= 0.6 is 15.9 Å². The van der Waals surface area contributed by atoms with Crippen molar-refractivity contribution >= 4 is 21.7 Å². The number of Topliss-reactive ketones (excluding diaryl/α,β-unsaturated/α-hetero) is 1. The molecule has 0 atom stereocenters. The highest BCUT2D eigenvalue weighted by molar-refractivity contribution is 9.10. The van der Waals surface area contributed by atoms with Crippen molar-refractivity contribution in [1.29, 1.82) is 0 Å². The molecule has 2 aromatic rings. The number of halogens is 1. The van der Waals surface area contributed by atoms with Crippen molar-refractivity contribution in [3.05, 3.63) is 57.6 Å². The predicted molar refractivity (Wildman–Crippen MR) is 84.4 cm³/mol. The predicted octanol–water partition coefficient (Wildman–Crippen LogP) is 3.82. The quantitative estimate of drug-likeness (QED) is 0.789. The van der Waals surface area contributed by atoms with Gasteiger partial charge >= 0.3 is 0 Å². The second-order valence-electron chi connectivity index (χ2n) is 4.95. The number of methoxy groups -OCH3 is 1. The number of ketones is 1. The van der Waals surface area contributed by atoms with Crippen LogP contribution in [0.5, 0.6) is 11.5 Å². The van der Waals surface area contributed by atoms with Crippen molar-refractivity contribution < 1.29 is 14.3 Å². The zero-order valence-corrected chi connectivity index (χ0v) is 13.3. The molecule has 3 rings (SSSR count). The summed E-state index contributed by atoms with van der Waals surface area (Å²) in [6.45, 7) is 0.640. The summed E-state index contributed by atoms with van der Waals surface area (Å²) in [5.41, 5.74) is 2.62. The number of carbonyl (C=O) groups is 1. The molecule has 108 valence electrons. The number of para-hydroxylation sites is 1. The van der Waals surface area contributed by atoms with E-state index in [1.54, 1.807) is 7.11 Å². The molecule has 0 aliphatic carbocycles. The number of fused-ring (bicyclic) bond motifs is 1. The van der Waals surface area contributed by atoms with E-state index in [1.165, 1.54) is 0 Å². The standard InChI is InChI=1S/C17H15BrO3/c1-20-16-5-3-2-4-11(16)9-15(19)14-10-13(18)8-12-6-7-21-17(12)14/h2-5,8,10H,6-7,9H2,1H3. The van der Waals surface area contributed by atoms with E-state index in [0.29, 0.717) is 18.6 Å². The molecular formula is C17H15BrO3. The van der Waals surface area contributed by atoms with E-state index in [1.807, 2.05) is 36.4 Å². The third-order valence-electron chi connectivity index (χ3n) is 3.59. The first-order chi connectivity index (χ1) is 10.2. The molecule has 21 heavy (non-hydrogen) atoms. The summed E-state index contributed by atoms with van der Waals surface area (Å²) in [4.78, 5) is 12.6. The minimum atomic E-state index is 0.0407. The van der Waals surface area contributed by atoms with E-state index in [2.05, 4.69) is 15.9 Å². The van der Waals surface area contributed by atoms with Gasteiger partial charge in [0.2, 0.25) is 0 Å². The minimum Gasteiger partial charge on any atom is -0.496 e. The maximum absolute atomic E-state index is 12.6. The van der Waals surface area contributed by atoms with Crippen LogP contribution in [0.1, 0.15) is 21.5 Å². The molecule has 0 spiro atoms. The summed E-state index contributed by atoms with van der Waals surface area (Å²) < 4.78 is 11.8. The van der Waals surface area contributed by atoms with Crippen molar-refractivity contribution in [3.63, 3.8) is 0 Å². The summed E-state index contributed by atoms with van der Waals surface area (Å²) in [6, 6.07) is 11.4. The van der Waals surface area contributed by atoms with Crippen LogP contribution in [0.15, 0.2) is 40.9 Å². The van der Waals surface area contributed by atoms with Gasteiger partial charge in [0.1, 0.15) is 11.5 Å². The van der Waals surface area contributed by atoms with E-state index in [0.717, 1.165) is 33.5 Å². The fourth-order valence-electron chi connectivity index (χ4n) is 2.59. The molecule has 0 amide bonds. The first-order valence-electron chi connectivity index (χ1n) is 6.79. The average molecular weight is 347 g/mol. The number of benzene rings is 2. The van der Waals surface area contributed by atoms with Gasteiger partial charge in [-0.1, -0.05) is 34.1 Å². The van der Waals surface area contributed by atoms with Gasteiger partial charge in [0.05, 0.1) is 19.3 Å². The molecule has 1 aliphatic rings. The van der Waals surface area contributed by atoms with Crippen LogP contribution in [0.25, 0.3) is 0 Å². The van der Waals surface area contributed by atoms with Gasteiger partial charge in [-0.25, -0.2) is 0 Å². The Hall–Kier alpha value is -1.81. The molecule has 2 aromatic carbocycles. The third kappa shape index (κ3) is 2.81.